The standard InChI is InChI=1S/C10H12NO2P/c12-10(13)8-2-1-7-3-4-11(14)6-9(7)5-8/h1-2,5H,3-4,6,14H2,(H,12,13). The van der Waals surface area contributed by atoms with Crippen LogP contribution >= 0.6 is 9.39 Å². The summed E-state index contributed by atoms with van der Waals surface area (Å²) in [6.07, 6.45) is 0.999. The van der Waals surface area contributed by atoms with Gasteiger partial charge in [0, 0.05) is 13.1 Å². The van der Waals surface area contributed by atoms with Gasteiger partial charge in [-0.3, -0.25) is 4.67 Å². The lowest BCUT2D eigenvalue weighted by Gasteiger charge is -2.24. The third-order valence-corrected chi connectivity index (χ3v) is 2.94. The minimum absolute atomic E-state index is 0.379. The van der Waals surface area contributed by atoms with Crippen LogP contribution in [0.4, 0.5) is 0 Å². The van der Waals surface area contributed by atoms with Crippen LogP contribution in [0.3, 0.4) is 0 Å². The number of aromatic carboxylic acids is 1. The van der Waals surface area contributed by atoms with Gasteiger partial charge in [0.05, 0.1) is 5.56 Å². The molecule has 0 spiro atoms. The smallest absolute Gasteiger partial charge is 0.335 e. The summed E-state index contributed by atoms with van der Waals surface area (Å²) in [5.41, 5.74) is 2.78. The summed E-state index contributed by atoms with van der Waals surface area (Å²) in [4.78, 5) is 10.7. The van der Waals surface area contributed by atoms with E-state index in [-0.39, 0.29) is 0 Å². The van der Waals surface area contributed by atoms with E-state index >= 15 is 0 Å². The quantitative estimate of drug-likeness (QED) is 0.713. The van der Waals surface area contributed by atoms with Crippen molar-refractivity contribution < 1.29 is 9.90 Å². The molecule has 14 heavy (non-hydrogen) atoms. The van der Waals surface area contributed by atoms with E-state index in [1.807, 2.05) is 6.07 Å². The lowest BCUT2D eigenvalue weighted by Crippen LogP contribution is -2.21. The van der Waals surface area contributed by atoms with E-state index in [0.717, 1.165) is 25.1 Å². The Morgan fingerprint density at radius 1 is 1.43 bits per heavy atom. The first-order valence-corrected chi connectivity index (χ1v) is 5.03. The van der Waals surface area contributed by atoms with Crippen molar-refractivity contribution in [3.8, 4) is 0 Å². The molecule has 1 atom stereocenters. The maximum atomic E-state index is 10.7. The van der Waals surface area contributed by atoms with Crippen LogP contribution in [0, 0.1) is 0 Å². The van der Waals surface area contributed by atoms with E-state index in [2.05, 4.69) is 14.1 Å². The third-order valence-electron chi connectivity index (χ3n) is 2.50. The Kier molecular flexibility index (Phi) is 2.53. The van der Waals surface area contributed by atoms with Crippen LogP contribution in [-0.2, 0) is 13.0 Å². The average molecular weight is 209 g/mol. The number of carboxylic acids is 1. The Labute approximate surface area is 85.0 Å². The first-order valence-electron chi connectivity index (χ1n) is 4.51. The highest BCUT2D eigenvalue weighted by atomic mass is 31.0. The average Bonchev–Trinajstić information content (AvgIpc) is 2.16. The fourth-order valence-corrected chi connectivity index (χ4v) is 2.04. The fraction of sp³-hybridized carbons (Fsp3) is 0.300. The first kappa shape index (κ1) is 9.63. The maximum absolute atomic E-state index is 10.7. The summed E-state index contributed by atoms with van der Waals surface area (Å²) >= 11 is 0. The summed E-state index contributed by atoms with van der Waals surface area (Å²) in [6, 6.07) is 5.38. The van der Waals surface area contributed by atoms with Crippen LogP contribution in [0.25, 0.3) is 0 Å². The van der Waals surface area contributed by atoms with E-state index in [9.17, 15) is 4.79 Å². The molecule has 3 nitrogen and oxygen atoms in total. The molecule has 1 aliphatic rings. The molecule has 0 saturated heterocycles. The van der Waals surface area contributed by atoms with E-state index in [4.69, 9.17) is 5.11 Å². The van der Waals surface area contributed by atoms with E-state index < -0.39 is 5.97 Å². The van der Waals surface area contributed by atoms with Crippen LogP contribution in [0.2, 0.25) is 0 Å². The molecular formula is C10H12NO2P. The minimum atomic E-state index is -0.853. The second-order valence-electron chi connectivity index (χ2n) is 3.51. The molecule has 0 saturated carbocycles. The van der Waals surface area contributed by atoms with Crippen molar-refractivity contribution in [2.45, 2.75) is 13.0 Å². The number of benzene rings is 1. The van der Waals surface area contributed by atoms with Crippen molar-refractivity contribution in [1.29, 1.82) is 0 Å². The molecule has 2 rings (SSSR count). The summed E-state index contributed by atoms with van der Waals surface area (Å²) in [5, 5.41) is 8.83. The number of fused-ring (bicyclic) bond motifs is 1. The largest absolute Gasteiger partial charge is 0.478 e. The molecule has 1 heterocycles. The number of rotatable bonds is 1. The lowest BCUT2D eigenvalue weighted by atomic mass is 9.99. The van der Waals surface area contributed by atoms with Crippen LogP contribution < -0.4 is 0 Å². The van der Waals surface area contributed by atoms with Gasteiger partial charge in [0.1, 0.15) is 0 Å². The summed E-state index contributed by atoms with van der Waals surface area (Å²) in [7, 11) is 2.65. The van der Waals surface area contributed by atoms with Crippen molar-refractivity contribution in [2.75, 3.05) is 6.54 Å². The monoisotopic (exact) mass is 209 g/mol. The zero-order valence-corrected chi connectivity index (χ0v) is 8.89. The molecule has 74 valence electrons. The molecule has 0 bridgehead atoms. The van der Waals surface area contributed by atoms with Gasteiger partial charge in [0.15, 0.2) is 0 Å². The van der Waals surface area contributed by atoms with Crippen LogP contribution in [-0.4, -0.2) is 22.3 Å². The van der Waals surface area contributed by atoms with Crippen molar-refractivity contribution in [3.63, 3.8) is 0 Å². The second kappa shape index (κ2) is 3.68. The summed E-state index contributed by atoms with van der Waals surface area (Å²) in [6.45, 7) is 1.84. The molecule has 0 radical (unpaired) electrons. The molecule has 1 aliphatic heterocycles. The molecule has 4 heteroatoms. The van der Waals surface area contributed by atoms with Gasteiger partial charge in [-0.15, -0.1) is 0 Å². The third kappa shape index (κ3) is 1.79. The van der Waals surface area contributed by atoms with Gasteiger partial charge in [-0.1, -0.05) is 15.5 Å². The van der Waals surface area contributed by atoms with E-state index in [1.165, 1.54) is 5.56 Å². The van der Waals surface area contributed by atoms with Crippen LogP contribution in [0.1, 0.15) is 21.5 Å². The van der Waals surface area contributed by atoms with Gasteiger partial charge in [-0.05, 0) is 29.7 Å². The van der Waals surface area contributed by atoms with Gasteiger partial charge in [0.2, 0.25) is 0 Å². The molecular weight excluding hydrogens is 197 g/mol. The minimum Gasteiger partial charge on any atom is -0.478 e. The number of carboxylic acid groups (broad SMARTS) is 1. The predicted molar refractivity (Wildman–Crippen MR) is 57.2 cm³/mol. The summed E-state index contributed by atoms with van der Waals surface area (Å²) < 4.78 is 2.12. The topological polar surface area (TPSA) is 40.5 Å². The highest BCUT2D eigenvalue weighted by Crippen LogP contribution is 2.22. The highest BCUT2D eigenvalue weighted by molar-refractivity contribution is 7.13. The van der Waals surface area contributed by atoms with Gasteiger partial charge >= 0.3 is 5.97 Å². The first-order chi connectivity index (χ1) is 6.66. The highest BCUT2D eigenvalue weighted by Gasteiger charge is 2.14. The number of nitrogens with zero attached hydrogens (tertiary/aromatic N) is 1. The fourth-order valence-electron chi connectivity index (χ4n) is 1.71. The molecule has 1 aromatic carbocycles. The number of hydrogen-bond donors (Lipinski definition) is 1. The number of hydrogen-bond acceptors (Lipinski definition) is 2. The second-order valence-corrected chi connectivity index (χ2v) is 4.24. The Balaban J connectivity index is 2.37. The SMILES string of the molecule is O=C(O)c1ccc2c(c1)CN(P)CC2. The molecule has 0 aromatic heterocycles. The predicted octanol–water partition coefficient (Wildman–Crippen LogP) is 1.53. The molecule has 0 fully saturated rings. The van der Waals surface area contributed by atoms with Crippen molar-refractivity contribution >= 4 is 15.4 Å². The summed E-state index contributed by atoms with van der Waals surface area (Å²) in [5.74, 6) is -0.853. The Bertz CT molecular complexity index is 378. The van der Waals surface area contributed by atoms with Crippen LogP contribution in [0.15, 0.2) is 18.2 Å². The zero-order valence-electron chi connectivity index (χ0n) is 7.73. The Morgan fingerprint density at radius 3 is 2.93 bits per heavy atom. The van der Waals surface area contributed by atoms with Crippen LogP contribution in [0.5, 0.6) is 0 Å². The maximum Gasteiger partial charge on any atom is 0.335 e. The van der Waals surface area contributed by atoms with E-state index in [0.29, 0.717) is 5.56 Å². The van der Waals surface area contributed by atoms with Crippen molar-refractivity contribution in [1.82, 2.24) is 4.67 Å². The van der Waals surface area contributed by atoms with Gasteiger partial charge in [0.25, 0.3) is 0 Å². The molecule has 1 aromatic rings. The number of carbonyl (C=O) groups is 1. The molecule has 0 amide bonds. The van der Waals surface area contributed by atoms with Gasteiger partial charge in [-0.2, -0.15) is 0 Å². The Morgan fingerprint density at radius 2 is 2.21 bits per heavy atom. The molecule has 0 aliphatic carbocycles. The van der Waals surface area contributed by atoms with E-state index in [1.54, 1.807) is 12.1 Å². The lowest BCUT2D eigenvalue weighted by molar-refractivity contribution is 0.0696. The van der Waals surface area contributed by atoms with Crippen molar-refractivity contribution in [2.24, 2.45) is 0 Å². The zero-order chi connectivity index (χ0) is 10.1. The van der Waals surface area contributed by atoms with Gasteiger partial charge < -0.3 is 5.11 Å². The Hall–Kier alpha value is -0.920. The normalized spacial score (nSPS) is 16.4. The molecule has 1 N–H and O–H groups in total. The molecule has 1 unspecified atom stereocenters. The van der Waals surface area contributed by atoms with Gasteiger partial charge in [-0.25, -0.2) is 4.79 Å². The van der Waals surface area contributed by atoms with Crippen molar-refractivity contribution in [3.05, 3.63) is 34.9 Å².